The summed E-state index contributed by atoms with van der Waals surface area (Å²) in [6.45, 7) is 8.43. The standard InChI is InChI=1S/C21H27ClN2O3S/c1-5-15(4)17-10-8-9-11-20(17)23-21(25)18-14-16(12-13-19(18)22)28(26,27)24(6-2)7-3/h8-15H,5-7H2,1-4H3,(H,23,25)/t15-/m0/s1. The van der Waals surface area contributed by atoms with Crippen molar-refractivity contribution in [2.24, 2.45) is 0 Å². The molecule has 2 rings (SSSR count). The summed E-state index contributed by atoms with van der Waals surface area (Å²) < 4.78 is 26.9. The Morgan fingerprint density at radius 3 is 2.36 bits per heavy atom. The van der Waals surface area contributed by atoms with E-state index >= 15 is 0 Å². The average molecular weight is 423 g/mol. The molecule has 2 aromatic rings. The quantitative estimate of drug-likeness (QED) is 0.640. The van der Waals surface area contributed by atoms with E-state index in [0.717, 1.165) is 12.0 Å². The first-order chi connectivity index (χ1) is 13.3. The van der Waals surface area contributed by atoms with Crippen molar-refractivity contribution in [3.05, 3.63) is 58.6 Å². The normalized spacial score (nSPS) is 12.8. The Kier molecular flexibility index (Phi) is 7.63. The molecule has 28 heavy (non-hydrogen) atoms. The van der Waals surface area contributed by atoms with Gasteiger partial charge in [0.05, 0.1) is 15.5 Å². The summed E-state index contributed by atoms with van der Waals surface area (Å²) in [4.78, 5) is 12.9. The molecule has 0 aliphatic carbocycles. The summed E-state index contributed by atoms with van der Waals surface area (Å²) >= 11 is 6.22. The van der Waals surface area contributed by atoms with Gasteiger partial charge in [0.15, 0.2) is 0 Å². The van der Waals surface area contributed by atoms with Gasteiger partial charge in [0.25, 0.3) is 5.91 Å². The molecular formula is C21H27ClN2O3S. The van der Waals surface area contributed by atoms with E-state index < -0.39 is 15.9 Å². The summed E-state index contributed by atoms with van der Waals surface area (Å²) in [7, 11) is -3.68. The Balaban J connectivity index is 2.40. The number of halogens is 1. The number of nitrogens with zero attached hydrogens (tertiary/aromatic N) is 1. The van der Waals surface area contributed by atoms with Crippen LogP contribution in [0.3, 0.4) is 0 Å². The first-order valence-corrected chi connectivity index (χ1v) is 11.3. The van der Waals surface area contributed by atoms with Crippen molar-refractivity contribution in [2.75, 3.05) is 18.4 Å². The Morgan fingerprint density at radius 1 is 1.11 bits per heavy atom. The predicted molar refractivity (Wildman–Crippen MR) is 115 cm³/mol. The molecule has 152 valence electrons. The highest BCUT2D eigenvalue weighted by Crippen LogP contribution is 2.28. The van der Waals surface area contributed by atoms with Crippen LogP contribution in [0.4, 0.5) is 5.69 Å². The maximum Gasteiger partial charge on any atom is 0.257 e. The lowest BCUT2D eigenvalue weighted by molar-refractivity contribution is 0.102. The molecule has 1 N–H and O–H groups in total. The van der Waals surface area contributed by atoms with Crippen LogP contribution in [0.1, 0.15) is 56.0 Å². The van der Waals surface area contributed by atoms with E-state index in [-0.39, 0.29) is 21.4 Å². The minimum absolute atomic E-state index is 0.0564. The number of amides is 1. The summed E-state index contributed by atoms with van der Waals surface area (Å²) in [5.74, 6) is -0.154. The van der Waals surface area contributed by atoms with Gasteiger partial charge in [-0.3, -0.25) is 4.79 Å². The molecule has 7 heteroatoms. The first-order valence-electron chi connectivity index (χ1n) is 9.46. The second-order valence-corrected chi connectivity index (χ2v) is 8.93. The second kappa shape index (κ2) is 9.54. The molecule has 0 fully saturated rings. The van der Waals surface area contributed by atoms with Crippen molar-refractivity contribution >= 4 is 33.2 Å². The number of carbonyl (C=O) groups is 1. The molecule has 0 saturated carbocycles. The molecule has 0 bridgehead atoms. The molecule has 0 heterocycles. The monoisotopic (exact) mass is 422 g/mol. The van der Waals surface area contributed by atoms with Crippen molar-refractivity contribution < 1.29 is 13.2 Å². The lowest BCUT2D eigenvalue weighted by atomic mass is 9.97. The fourth-order valence-corrected chi connectivity index (χ4v) is 4.69. The number of sulfonamides is 1. The summed E-state index contributed by atoms with van der Waals surface area (Å²) in [6, 6.07) is 11.8. The van der Waals surface area contributed by atoms with Crippen LogP contribution in [0.2, 0.25) is 5.02 Å². The summed E-state index contributed by atoms with van der Waals surface area (Å²) in [6.07, 6.45) is 0.936. The number of anilines is 1. The minimum Gasteiger partial charge on any atom is -0.322 e. The largest absolute Gasteiger partial charge is 0.322 e. The molecule has 0 spiro atoms. The first kappa shape index (κ1) is 22.4. The van der Waals surface area contributed by atoms with Gasteiger partial charge in [-0.1, -0.05) is 57.5 Å². The van der Waals surface area contributed by atoms with Gasteiger partial charge in [0.2, 0.25) is 10.0 Å². The van der Waals surface area contributed by atoms with E-state index in [2.05, 4.69) is 19.2 Å². The van der Waals surface area contributed by atoms with Crippen LogP contribution in [-0.4, -0.2) is 31.7 Å². The number of rotatable bonds is 8. The number of hydrogen-bond acceptors (Lipinski definition) is 3. The van der Waals surface area contributed by atoms with Crippen LogP contribution >= 0.6 is 11.6 Å². The Bertz CT molecular complexity index is 940. The highest BCUT2D eigenvalue weighted by Gasteiger charge is 2.24. The zero-order valence-corrected chi connectivity index (χ0v) is 18.3. The SMILES string of the molecule is CC[C@H](C)c1ccccc1NC(=O)c1cc(S(=O)(=O)N(CC)CC)ccc1Cl. The van der Waals surface area contributed by atoms with Crippen LogP contribution in [0.5, 0.6) is 0 Å². The van der Waals surface area contributed by atoms with Gasteiger partial charge in [-0.2, -0.15) is 4.31 Å². The van der Waals surface area contributed by atoms with Crippen molar-refractivity contribution in [3.63, 3.8) is 0 Å². The van der Waals surface area contributed by atoms with Gasteiger partial charge < -0.3 is 5.32 Å². The van der Waals surface area contributed by atoms with Crippen LogP contribution in [0.15, 0.2) is 47.4 Å². The van der Waals surface area contributed by atoms with Crippen LogP contribution in [0, 0.1) is 0 Å². The van der Waals surface area contributed by atoms with Crippen molar-refractivity contribution in [2.45, 2.75) is 44.9 Å². The molecule has 0 aliphatic rings. The molecule has 0 unspecified atom stereocenters. The van der Waals surface area contributed by atoms with Crippen LogP contribution < -0.4 is 5.32 Å². The van der Waals surface area contributed by atoms with E-state index in [1.807, 2.05) is 24.3 Å². The lowest BCUT2D eigenvalue weighted by Gasteiger charge is -2.19. The fraction of sp³-hybridized carbons (Fsp3) is 0.381. The molecule has 5 nitrogen and oxygen atoms in total. The third-order valence-corrected chi connectivity index (χ3v) is 7.25. The van der Waals surface area contributed by atoms with Crippen molar-refractivity contribution in [1.82, 2.24) is 4.31 Å². The molecular weight excluding hydrogens is 396 g/mol. The van der Waals surface area contributed by atoms with E-state index in [1.54, 1.807) is 13.8 Å². The van der Waals surface area contributed by atoms with Crippen molar-refractivity contribution in [1.29, 1.82) is 0 Å². The average Bonchev–Trinajstić information content (AvgIpc) is 2.68. The Hall–Kier alpha value is -1.89. The Labute approximate surface area is 172 Å². The number of carbonyl (C=O) groups excluding carboxylic acids is 1. The topological polar surface area (TPSA) is 66.5 Å². The highest BCUT2D eigenvalue weighted by atomic mass is 35.5. The third-order valence-electron chi connectivity index (χ3n) is 4.88. The van der Waals surface area contributed by atoms with Crippen molar-refractivity contribution in [3.8, 4) is 0 Å². The molecule has 1 amide bonds. The highest BCUT2D eigenvalue weighted by molar-refractivity contribution is 7.89. The van der Waals surface area contributed by atoms with E-state index in [0.29, 0.717) is 18.8 Å². The van der Waals surface area contributed by atoms with Crippen LogP contribution in [-0.2, 0) is 10.0 Å². The molecule has 0 aliphatic heterocycles. The fourth-order valence-electron chi connectivity index (χ4n) is 3.00. The lowest BCUT2D eigenvalue weighted by Crippen LogP contribution is -2.30. The van der Waals surface area contributed by atoms with Gasteiger partial charge >= 0.3 is 0 Å². The molecule has 0 aromatic heterocycles. The third kappa shape index (κ3) is 4.74. The van der Waals surface area contributed by atoms with Gasteiger partial charge in [-0.15, -0.1) is 0 Å². The molecule has 0 radical (unpaired) electrons. The molecule has 0 saturated heterocycles. The zero-order valence-electron chi connectivity index (χ0n) is 16.7. The number of nitrogens with one attached hydrogen (secondary N) is 1. The number of para-hydroxylation sites is 1. The van der Waals surface area contributed by atoms with Gasteiger partial charge in [-0.05, 0) is 42.2 Å². The maximum atomic E-state index is 12.9. The minimum atomic E-state index is -3.68. The second-order valence-electron chi connectivity index (χ2n) is 6.58. The van der Waals surface area contributed by atoms with Gasteiger partial charge in [-0.25, -0.2) is 8.42 Å². The molecule has 2 aromatic carbocycles. The maximum absolute atomic E-state index is 12.9. The number of hydrogen-bond donors (Lipinski definition) is 1. The van der Waals surface area contributed by atoms with E-state index in [1.165, 1.54) is 22.5 Å². The van der Waals surface area contributed by atoms with Crippen LogP contribution in [0.25, 0.3) is 0 Å². The smallest absolute Gasteiger partial charge is 0.257 e. The summed E-state index contributed by atoms with van der Waals surface area (Å²) in [5, 5.41) is 3.09. The van der Waals surface area contributed by atoms with E-state index in [4.69, 9.17) is 11.6 Å². The predicted octanol–water partition coefficient (Wildman–Crippen LogP) is 5.14. The van der Waals surface area contributed by atoms with Gasteiger partial charge in [0, 0.05) is 18.8 Å². The zero-order chi connectivity index (χ0) is 20.9. The Morgan fingerprint density at radius 2 is 1.75 bits per heavy atom. The molecule has 1 atom stereocenters. The summed E-state index contributed by atoms with van der Waals surface area (Å²) in [5.41, 5.74) is 1.87. The van der Waals surface area contributed by atoms with E-state index in [9.17, 15) is 13.2 Å². The number of benzene rings is 2. The van der Waals surface area contributed by atoms with Gasteiger partial charge in [0.1, 0.15) is 0 Å².